The van der Waals surface area contributed by atoms with Crippen LogP contribution in [0.4, 0.5) is 0 Å². The van der Waals surface area contributed by atoms with Gasteiger partial charge in [0.25, 0.3) is 0 Å². The molecule has 2 rings (SSSR count). The van der Waals surface area contributed by atoms with Crippen LogP contribution in [0, 0.1) is 0 Å². The molecule has 2 nitrogen and oxygen atoms in total. The molecule has 1 heterocycles. The van der Waals surface area contributed by atoms with Crippen LogP contribution in [0.1, 0.15) is 6.92 Å². The van der Waals surface area contributed by atoms with Crippen molar-refractivity contribution >= 4 is 33.3 Å². The molecule has 0 amide bonds. The fourth-order valence-electron chi connectivity index (χ4n) is 1.11. The maximum absolute atomic E-state index is 8.93. The Morgan fingerprint density at radius 1 is 1.50 bits per heavy atom. The molecule has 0 fully saturated rings. The van der Waals surface area contributed by atoms with E-state index >= 15 is 0 Å². The van der Waals surface area contributed by atoms with E-state index < -0.39 is 0 Å². The summed E-state index contributed by atoms with van der Waals surface area (Å²) < 4.78 is 2.24. The van der Waals surface area contributed by atoms with Gasteiger partial charge in [0.15, 0.2) is 4.34 Å². The molecule has 1 N–H and O–H groups in total. The number of hydrogen-bond acceptors (Lipinski definition) is 4. The number of thiazole rings is 1. The standard InChI is InChI=1S/C10H11NOS2/c1-7(6-12)13-10-11-8-4-2-3-5-9(8)14-10/h2-5,7,12H,6H2,1H3. The number of benzene rings is 1. The summed E-state index contributed by atoms with van der Waals surface area (Å²) in [5, 5.41) is 9.15. The normalized spacial score (nSPS) is 13.3. The van der Waals surface area contributed by atoms with Gasteiger partial charge in [0, 0.05) is 5.25 Å². The van der Waals surface area contributed by atoms with Crippen molar-refractivity contribution in [1.29, 1.82) is 0 Å². The van der Waals surface area contributed by atoms with Gasteiger partial charge in [-0.2, -0.15) is 0 Å². The van der Waals surface area contributed by atoms with Crippen LogP contribution in [0.3, 0.4) is 0 Å². The Kier molecular flexibility index (Phi) is 3.05. The molecule has 0 bridgehead atoms. The highest BCUT2D eigenvalue weighted by Gasteiger charge is 2.07. The van der Waals surface area contributed by atoms with Crippen molar-refractivity contribution in [2.45, 2.75) is 16.5 Å². The van der Waals surface area contributed by atoms with Gasteiger partial charge in [-0.15, -0.1) is 11.3 Å². The highest BCUT2D eigenvalue weighted by molar-refractivity contribution is 8.01. The Morgan fingerprint density at radius 2 is 2.29 bits per heavy atom. The second kappa shape index (κ2) is 4.29. The molecule has 1 aromatic heterocycles. The summed E-state index contributed by atoms with van der Waals surface area (Å²) in [4.78, 5) is 4.47. The van der Waals surface area contributed by atoms with Gasteiger partial charge < -0.3 is 5.11 Å². The number of rotatable bonds is 3. The van der Waals surface area contributed by atoms with E-state index in [1.165, 1.54) is 4.70 Å². The maximum atomic E-state index is 8.93. The third-order valence-electron chi connectivity index (χ3n) is 1.83. The second-order valence-electron chi connectivity index (χ2n) is 3.06. The summed E-state index contributed by atoms with van der Waals surface area (Å²) in [7, 11) is 0. The van der Waals surface area contributed by atoms with Crippen LogP contribution in [0.25, 0.3) is 10.2 Å². The van der Waals surface area contributed by atoms with Gasteiger partial charge in [0.1, 0.15) is 0 Å². The number of hydrogen-bond donors (Lipinski definition) is 1. The monoisotopic (exact) mass is 225 g/mol. The van der Waals surface area contributed by atoms with E-state index in [0.717, 1.165) is 9.86 Å². The van der Waals surface area contributed by atoms with E-state index in [0.29, 0.717) is 0 Å². The van der Waals surface area contributed by atoms with Crippen molar-refractivity contribution in [3.8, 4) is 0 Å². The lowest BCUT2D eigenvalue weighted by Crippen LogP contribution is -2.00. The Hall–Kier alpha value is -0.580. The maximum Gasteiger partial charge on any atom is 0.151 e. The van der Waals surface area contributed by atoms with Crippen molar-refractivity contribution < 1.29 is 5.11 Å². The highest BCUT2D eigenvalue weighted by atomic mass is 32.2. The summed E-state index contributed by atoms with van der Waals surface area (Å²) >= 11 is 3.31. The minimum atomic E-state index is 0.195. The minimum Gasteiger partial charge on any atom is -0.395 e. The summed E-state index contributed by atoms with van der Waals surface area (Å²) in [5.41, 5.74) is 1.05. The van der Waals surface area contributed by atoms with Crippen LogP contribution in [0.15, 0.2) is 28.6 Å². The SMILES string of the molecule is CC(CO)Sc1nc2ccccc2s1. The lowest BCUT2D eigenvalue weighted by molar-refractivity contribution is 0.300. The summed E-state index contributed by atoms with van der Waals surface area (Å²) in [6.45, 7) is 2.19. The molecule has 4 heteroatoms. The topological polar surface area (TPSA) is 33.1 Å². The number of aromatic nitrogens is 1. The molecule has 0 aliphatic rings. The molecule has 0 saturated heterocycles. The molecule has 0 saturated carbocycles. The van der Waals surface area contributed by atoms with Gasteiger partial charge in [-0.25, -0.2) is 4.98 Å². The van der Waals surface area contributed by atoms with Gasteiger partial charge in [0.05, 0.1) is 16.8 Å². The van der Waals surface area contributed by atoms with Gasteiger partial charge >= 0.3 is 0 Å². The summed E-state index contributed by atoms with van der Waals surface area (Å²) in [6, 6.07) is 8.09. The minimum absolute atomic E-state index is 0.195. The Morgan fingerprint density at radius 3 is 3.00 bits per heavy atom. The first-order valence-electron chi connectivity index (χ1n) is 4.42. The van der Waals surface area contributed by atoms with Crippen LogP contribution in [-0.4, -0.2) is 21.9 Å². The fourth-order valence-corrected chi connectivity index (χ4v) is 3.33. The molecule has 0 aliphatic heterocycles. The molecule has 0 radical (unpaired) electrons. The molecule has 0 aliphatic carbocycles. The zero-order valence-electron chi connectivity index (χ0n) is 7.80. The van der Waals surface area contributed by atoms with Crippen LogP contribution >= 0.6 is 23.1 Å². The lowest BCUT2D eigenvalue weighted by atomic mass is 10.3. The van der Waals surface area contributed by atoms with E-state index in [4.69, 9.17) is 5.11 Å². The molecule has 1 aromatic carbocycles. The smallest absolute Gasteiger partial charge is 0.151 e. The Labute approximate surface area is 91.0 Å². The van der Waals surface area contributed by atoms with Crippen molar-refractivity contribution in [3.05, 3.63) is 24.3 Å². The van der Waals surface area contributed by atoms with Gasteiger partial charge in [-0.1, -0.05) is 30.8 Å². The summed E-state index contributed by atoms with van der Waals surface area (Å²) in [5.74, 6) is 0. The van der Waals surface area contributed by atoms with E-state index in [1.807, 2.05) is 25.1 Å². The quantitative estimate of drug-likeness (QED) is 0.815. The Bertz CT molecular complexity index is 394. The molecular formula is C10H11NOS2. The van der Waals surface area contributed by atoms with E-state index in [9.17, 15) is 0 Å². The van der Waals surface area contributed by atoms with Crippen molar-refractivity contribution in [1.82, 2.24) is 4.98 Å². The molecule has 1 unspecified atom stereocenters. The third kappa shape index (κ3) is 2.08. The molecule has 0 spiro atoms. The van der Waals surface area contributed by atoms with Gasteiger partial charge in [-0.3, -0.25) is 0 Å². The van der Waals surface area contributed by atoms with E-state index in [2.05, 4.69) is 11.1 Å². The van der Waals surface area contributed by atoms with Gasteiger partial charge in [-0.05, 0) is 12.1 Å². The largest absolute Gasteiger partial charge is 0.395 e. The van der Waals surface area contributed by atoms with Crippen molar-refractivity contribution in [3.63, 3.8) is 0 Å². The third-order valence-corrected chi connectivity index (χ3v) is 4.05. The zero-order chi connectivity index (χ0) is 9.97. The lowest BCUT2D eigenvalue weighted by Gasteiger charge is -2.02. The highest BCUT2D eigenvalue weighted by Crippen LogP contribution is 2.31. The fraction of sp³-hybridized carbons (Fsp3) is 0.300. The molecule has 1 atom stereocenters. The second-order valence-corrected chi connectivity index (χ2v) is 5.77. The van der Waals surface area contributed by atoms with Gasteiger partial charge in [0.2, 0.25) is 0 Å². The molecule has 74 valence electrons. The Balaban J connectivity index is 2.27. The van der Waals surface area contributed by atoms with Crippen LogP contribution in [0.2, 0.25) is 0 Å². The first kappa shape index (κ1) is 9.96. The number of fused-ring (bicyclic) bond motifs is 1. The van der Waals surface area contributed by atoms with Crippen molar-refractivity contribution in [2.24, 2.45) is 0 Å². The van der Waals surface area contributed by atoms with Crippen LogP contribution in [-0.2, 0) is 0 Å². The number of thioether (sulfide) groups is 1. The molecular weight excluding hydrogens is 214 g/mol. The molecule has 2 aromatic rings. The first-order valence-corrected chi connectivity index (χ1v) is 6.12. The van der Waals surface area contributed by atoms with Crippen LogP contribution < -0.4 is 0 Å². The van der Waals surface area contributed by atoms with E-state index in [-0.39, 0.29) is 11.9 Å². The number of para-hydroxylation sites is 1. The average molecular weight is 225 g/mol. The number of aliphatic hydroxyl groups is 1. The number of nitrogens with zero attached hydrogens (tertiary/aromatic N) is 1. The summed E-state index contributed by atoms with van der Waals surface area (Å²) in [6.07, 6.45) is 0. The zero-order valence-corrected chi connectivity index (χ0v) is 9.44. The predicted octanol–water partition coefficient (Wildman–Crippen LogP) is 2.77. The van der Waals surface area contributed by atoms with Crippen LogP contribution in [0.5, 0.6) is 0 Å². The molecule has 14 heavy (non-hydrogen) atoms. The number of aliphatic hydroxyl groups excluding tert-OH is 1. The predicted molar refractivity (Wildman–Crippen MR) is 62.0 cm³/mol. The van der Waals surface area contributed by atoms with Crippen molar-refractivity contribution in [2.75, 3.05) is 6.61 Å². The first-order chi connectivity index (χ1) is 6.79. The van der Waals surface area contributed by atoms with E-state index in [1.54, 1.807) is 23.1 Å². The average Bonchev–Trinajstić information content (AvgIpc) is 2.59.